The zero-order valence-electron chi connectivity index (χ0n) is 14.7. The molecule has 2 heterocycles. The van der Waals surface area contributed by atoms with E-state index in [1.165, 1.54) is 14.7 Å². The van der Waals surface area contributed by atoms with Crippen molar-refractivity contribution in [1.82, 2.24) is 8.61 Å². The number of hydrogen-bond donors (Lipinski definition) is 1. The second-order valence-electron chi connectivity index (χ2n) is 7.05. The molecule has 0 radical (unpaired) electrons. The average Bonchev–Trinajstić information content (AvgIpc) is 3.01. The van der Waals surface area contributed by atoms with E-state index in [0.29, 0.717) is 18.7 Å². The van der Waals surface area contributed by atoms with Gasteiger partial charge in [-0.2, -0.15) is 17.0 Å². The largest absolute Gasteiger partial charge is 0.383 e. The first kappa shape index (κ1) is 19.2. The lowest BCUT2D eigenvalue weighted by Gasteiger charge is -2.48. The van der Waals surface area contributed by atoms with Gasteiger partial charge in [-0.3, -0.25) is 4.79 Å². The highest BCUT2D eigenvalue weighted by Crippen LogP contribution is 2.38. The minimum Gasteiger partial charge on any atom is -0.383 e. The summed E-state index contributed by atoms with van der Waals surface area (Å²) >= 11 is 0. The number of benzene rings is 1. The minimum absolute atomic E-state index is 0.0325. The van der Waals surface area contributed by atoms with E-state index in [1.807, 2.05) is 0 Å². The molecule has 2 aliphatic rings. The Morgan fingerprint density at radius 2 is 2.08 bits per heavy atom. The topological polar surface area (TPSA) is 92.9 Å². The molecule has 0 aliphatic carbocycles. The zero-order valence-corrected chi connectivity index (χ0v) is 15.5. The molecule has 0 aromatic heterocycles. The molecule has 2 aliphatic heterocycles. The van der Waals surface area contributed by atoms with E-state index >= 15 is 0 Å². The molecule has 0 spiro atoms. The molecular formula is C17H24FN3O4S. The number of carbonyl (C=O) groups is 1. The molecule has 144 valence electrons. The van der Waals surface area contributed by atoms with Crippen LogP contribution in [-0.4, -0.2) is 62.3 Å². The molecule has 0 bridgehead atoms. The molecule has 1 atom stereocenters. The van der Waals surface area contributed by atoms with Crippen molar-refractivity contribution >= 4 is 16.1 Å². The summed E-state index contributed by atoms with van der Waals surface area (Å²) in [4.78, 5) is 12.0. The van der Waals surface area contributed by atoms with E-state index in [1.54, 1.807) is 25.3 Å². The highest BCUT2D eigenvalue weighted by molar-refractivity contribution is 7.86. The van der Waals surface area contributed by atoms with Gasteiger partial charge in [-0.25, -0.2) is 4.39 Å². The zero-order chi connectivity index (χ0) is 18.9. The van der Waals surface area contributed by atoms with E-state index in [0.717, 1.165) is 12.8 Å². The summed E-state index contributed by atoms with van der Waals surface area (Å²) in [5.74, 6) is -1.03. The number of primary amides is 1. The van der Waals surface area contributed by atoms with Crippen LogP contribution in [0.4, 0.5) is 4.39 Å². The SMILES string of the molecule is COCC1CCCN1S(=O)(=O)N1CC(Cc2ccccc2F)(C(N)=O)C1. The first-order valence-corrected chi connectivity index (χ1v) is 9.99. The summed E-state index contributed by atoms with van der Waals surface area (Å²) in [6.45, 7) is 0.706. The number of halogens is 1. The first-order valence-electron chi connectivity index (χ1n) is 8.59. The Bertz CT molecular complexity index is 780. The Hall–Kier alpha value is -1.55. The second-order valence-corrected chi connectivity index (χ2v) is 8.93. The number of rotatable bonds is 7. The number of carbonyl (C=O) groups excluding carboxylic acids is 1. The lowest BCUT2D eigenvalue weighted by atomic mass is 9.75. The summed E-state index contributed by atoms with van der Waals surface area (Å²) in [6, 6.07) is 5.96. The van der Waals surface area contributed by atoms with Gasteiger partial charge in [-0.05, 0) is 30.9 Å². The molecule has 7 nitrogen and oxygen atoms in total. The van der Waals surface area contributed by atoms with Gasteiger partial charge in [0.25, 0.3) is 10.2 Å². The number of nitrogens with two attached hydrogens (primary N) is 1. The molecule has 1 aromatic rings. The standard InChI is InChI=1S/C17H24FN3O4S/c1-25-10-14-6-4-8-21(14)26(23,24)20-11-17(12-20,16(19)22)9-13-5-2-3-7-15(13)18/h2-3,5,7,14H,4,6,8-12H2,1H3,(H2,19,22). The van der Waals surface area contributed by atoms with E-state index in [2.05, 4.69) is 0 Å². The van der Waals surface area contributed by atoms with Gasteiger partial charge in [0.15, 0.2) is 0 Å². The fourth-order valence-corrected chi connectivity index (χ4v) is 5.79. The first-order chi connectivity index (χ1) is 12.3. The maximum absolute atomic E-state index is 14.0. The third-order valence-electron chi connectivity index (χ3n) is 5.27. The summed E-state index contributed by atoms with van der Waals surface area (Å²) in [5.41, 5.74) is 4.83. The van der Waals surface area contributed by atoms with Crippen LogP contribution in [0.1, 0.15) is 18.4 Å². The van der Waals surface area contributed by atoms with Crippen LogP contribution >= 0.6 is 0 Å². The minimum atomic E-state index is -3.70. The van der Waals surface area contributed by atoms with Crippen molar-refractivity contribution in [2.24, 2.45) is 11.1 Å². The Balaban J connectivity index is 1.75. The predicted molar refractivity (Wildman–Crippen MR) is 93.8 cm³/mol. The van der Waals surface area contributed by atoms with Gasteiger partial charge in [0.2, 0.25) is 5.91 Å². The molecular weight excluding hydrogens is 361 g/mol. The summed E-state index contributed by atoms with van der Waals surface area (Å²) < 4.78 is 47.6. The lowest BCUT2D eigenvalue weighted by Crippen LogP contribution is -2.67. The van der Waals surface area contributed by atoms with Gasteiger partial charge in [-0.15, -0.1) is 0 Å². The number of hydrogen-bond acceptors (Lipinski definition) is 4. The Labute approximate surface area is 153 Å². The van der Waals surface area contributed by atoms with E-state index in [4.69, 9.17) is 10.5 Å². The van der Waals surface area contributed by atoms with Gasteiger partial charge in [0, 0.05) is 32.8 Å². The van der Waals surface area contributed by atoms with E-state index in [9.17, 15) is 17.6 Å². The quantitative estimate of drug-likeness (QED) is 0.740. The van der Waals surface area contributed by atoms with Crippen molar-refractivity contribution in [3.8, 4) is 0 Å². The fourth-order valence-electron chi connectivity index (χ4n) is 3.77. The van der Waals surface area contributed by atoms with Gasteiger partial charge >= 0.3 is 0 Å². The van der Waals surface area contributed by atoms with Crippen molar-refractivity contribution in [2.75, 3.05) is 33.4 Å². The average molecular weight is 385 g/mol. The smallest absolute Gasteiger partial charge is 0.282 e. The third kappa shape index (κ3) is 3.36. The fraction of sp³-hybridized carbons (Fsp3) is 0.588. The second kappa shape index (κ2) is 7.22. The molecule has 3 rings (SSSR count). The molecule has 1 amide bonds. The Morgan fingerprint density at radius 1 is 1.38 bits per heavy atom. The van der Waals surface area contributed by atoms with Gasteiger partial charge in [0.05, 0.1) is 12.0 Å². The highest BCUT2D eigenvalue weighted by Gasteiger charge is 2.54. The molecule has 9 heteroatoms. The third-order valence-corrected chi connectivity index (χ3v) is 7.26. The molecule has 2 fully saturated rings. The van der Waals surface area contributed by atoms with Crippen molar-refractivity contribution in [3.63, 3.8) is 0 Å². The van der Waals surface area contributed by atoms with Gasteiger partial charge in [-0.1, -0.05) is 18.2 Å². The van der Waals surface area contributed by atoms with E-state index in [-0.39, 0.29) is 25.6 Å². The molecule has 1 aromatic carbocycles. The van der Waals surface area contributed by atoms with Crippen LogP contribution in [0.15, 0.2) is 24.3 Å². The monoisotopic (exact) mass is 385 g/mol. The Kier molecular flexibility index (Phi) is 5.34. The van der Waals surface area contributed by atoms with Gasteiger partial charge < -0.3 is 10.5 Å². The van der Waals surface area contributed by atoms with Crippen molar-refractivity contribution in [2.45, 2.75) is 25.3 Å². The molecule has 1 unspecified atom stereocenters. The predicted octanol–water partition coefficient (Wildman–Crippen LogP) is 0.511. The highest BCUT2D eigenvalue weighted by atomic mass is 32.2. The summed E-state index contributed by atoms with van der Waals surface area (Å²) in [5, 5.41) is 0. The van der Waals surface area contributed by atoms with Crippen LogP contribution in [0.3, 0.4) is 0 Å². The molecule has 26 heavy (non-hydrogen) atoms. The van der Waals surface area contributed by atoms with Crippen LogP contribution < -0.4 is 5.73 Å². The van der Waals surface area contributed by atoms with Crippen LogP contribution in [-0.2, 0) is 26.2 Å². The number of amides is 1. The lowest BCUT2D eigenvalue weighted by molar-refractivity contribution is -0.134. The number of methoxy groups -OCH3 is 1. The number of nitrogens with zero attached hydrogens (tertiary/aromatic N) is 2. The Morgan fingerprint density at radius 3 is 2.69 bits per heavy atom. The summed E-state index contributed by atoms with van der Waals surface area (Å²) in [7, 11) is -2.15. The van der Waals surface area contributed by atoms with Crippen LogP contribution in [0, 0.1) is 11.2 Å². The van der Waals surface area contributed by atoms with Crippen LogP contribution in [0.2, 0.25) is 0 Å². The normalized spacial score (nSPS) is 23.7. The van der Waals surface area contributed by atoms with Crippen LogP contribution in [0.25, 0.3) is 0 Å². The number of ether oxygens (including phenoxy) is 1. The maximum atomic E-state index is 14.0. The van der Waals surface area contributed by atoms with Crippen molar-refractivity contribution in [3.05, 3.63) is 35.6 Å². The maximum Gasteiger partial charge on any atom is 0.282 e. The summed E-state index contributed by atoms with van der Waals surface area (Å²) in [6.07, 6.45) is 1.61. The molecule has 0 saturated carbocycles. The van der Waals surface area contributed by atoms with Crippen LogP contribution in [0.5, 0.6) is 0 Å². The van der Waals surface area contributed by atoms with Crippen molar-refractivity contribution < 1.29 is 22.3 Å². The van der Waals surface area contributed by atoms with Crippen molar-refractivity contribution in [1.29, 1.82) is 0 Å². The van der Waals surface area contributed by atoms with Gasteiger partial charge in [0.1, 0.15) is 5.82 Å². The molecule has 2 saturated heterocycles. The molecule has 2 N–H and O–H groups in total. The van der Waals surface area contributed by atoms with E-state index < -0.39 is 27.3 Å².